The minimum atomic E-state index is -4.19. The number of carbonyl (C=O) groups excluding carboxylic acids is 1. The molecule has 21 heavy (non-hydrogen) atoms. The molecule has 116 valence electrons. The first-order valence-electron chi connectivity index (χ1n) is 6.51. The van der Waals surface area contributed by atoms with Crippen molar-refractivity contribution in [3.63, 3.8) is 0 Å². The van der Waals surface area contributed by atoms with Gasteiger partial charge in [-0.05, 0) is 11.6 Å². The summed E-state index contributed by atoms with van der Waals surface area (Å²) in [7, 11) is 0. The van der Waals surface area contributed by atoms with Gasteiger partial charge in [-0.2, -0.15) is 13.2 Å². The Bertz CT molecular complexity index is 484. The lowest BCUT2D eigenvalue weighted by Crippen LogP contribution is -2.51. The average Bonchev–Trinajstić information content (AvgIpc) is 2.40. The number of carbonyl (C=O) groups is 1. The Morgan fingerprint density at radius 2 is 1.90 bits per heavy atom. The standard InChI is InChI=1S/C13H15ClF3N3O/c14-11-2-1-10(8-18-11)7-12(21)20-5-3-19(4-6-20)9-13(15,16)17/h1-2,8H,3-7,9H2. The van der Waals surface area contributed by atoms with E-state index >= 15 is 0 Å². The average molecular weight is 322 g/mol. The predicted octanol–water partition coefficient (Wildman–Crippen LogP) is 1.98. The van der Waals surface area contributed by atoms with Crippen LogP contribution in [0.1, 0.15) is 5.56 Å². The minimum absolute atomic E-state index is 0.106. The van der Waals surface area contributed by atoms with Gasteiger partial charge in [-0.25, -0.2) is 4.98 Å². The monoisotopic (exact) mass is 321 g/mol. The van der Waals surface area contributed by atoms with Crippen molar-refractivity contribution in [2.24, 2.45) is 0 Å². The third-order valence-corrected chi connectivity index (χ3v) is 3.50. The van der Waals surface area contributed by atoms with Gasteiger partial charge in [-0.15, -0.1) is 0 Å². The van der Waals surface area contributed by atoms with Crippen molar-refractivity contribution in [2.75, 3.05) is 32.7 Å². The van der Waals surface area contributed by atoms with Crippen LogP contribution in [0, 0.1) is 0 Å². The number of hydrogen-bond acceptors (Lipinski definition) is 3. The molecule has 2 heterocycles. The van der Waals surface area contributed by atoms with Crippen molar-refractivity contribution in [3.05, 3.63) is 29.0 Å². The molecule has 8 heteroatoms. The van der Waals surface area contributed by atoms with E-state index in [1.54, 1.807) is 17.0 Å². The second-order valence-electron chi connectivity index (χ2n) is 4.94. The van der Waals surface area contributed by atoms with Gasteiger partial charge in [0.2, 0.25) is 5.91 Å². The van der Waals surface area contributed by atoms with Crippen molar-refractivity contribution in [2.45, 2.75) is 12.6 Å². The first-order valence-corrected chi connectivity index (χ1v) is 6.88. The van der Waals surface area contributed by atoms with Crippen LogP contribution < -0.4 is 0 Å². The highest BCUT2D eigenvalue weighted by molar-refractivity contribution is 6.29. The highest BCUT2D eigenvalue weighted by atomic mass is 35.5. The lowest BCUT2D eigenvalue weighted by atomic mass is 10.2. The molecule has 0 radical (unpaired) electrons. The van der Waals surface area contributed by atoms with Crippen molar-refractivity contribution in [3.8, 4) is 0 Å². The molecule has 1 fully saturated rings. The molecule has 0 bridgehead atoms. The van der Waals surface area contributed by atoms with E-state index < -0.39 is 12.7 Å². The zero-order valence-corrected chi connectivity index (χ0v) is 12.0. The molecule has 1 aromatic rings. The molecule has 0 atom stereocenters. The Morgan fingerprint density at radius 1 is 1.24 bits per heavy atom. The Kier molecular flexibility index (Phi) is 5.05. The van der Waals surface area contributed by atoms with E-state index in [2.05, 4.69) is 4.98 Å². The van der Waals surface area contributed by atoms with Crippen molar-refractivity contribution in [1.29, 1.82) is 0 Å². The third kappa shape index (κ3) is 5.17. The van der Waals surface area contributed by atoms with E-state index in [1.165, 1.54) is 11.1 Å². The van der Waals surface area contributed by atoms with Gasteiger partial charge < -0.3 is 4.90 Å². The first-order chi connectivity index (χ1) is 9.83. The molecule has 0 aliphatic carbocycles. The third-order valence-electron chi connectivity index (χ3n) is 3.27. The quantitative estimate of drug-likeness (QED) is 0.799. The molecular formula is C13H15ClF3N3O. The van der Waals surface area contributed by atoms with Crippen LogP contribution in [0.4, 0.5) is 13.2 Å². The van der Waals surface area contributed by atoms with Gasteiger partial charge in [0, 0.05) is 32.4 Å². The molecule has 1 saturated heterocycles. The summed E-state index contributed by atoms with van der Waals surface area (Å²) >= 11 is 5.66. The van der Waals surface area contributed by atoms with Crippen molar-refractivity contribution >= 4 is 17.5 Å². The maximum atomic E-state index is 12.3. The van der Waals surface area contributed by atoms with Crippen molar-refractivity contribution < 1.29 is 18.0 Å². The van der Waals surface area contributed by atoms with Crippen LogP contribution in [-0.2, 0) is 11.2 Å². The lowest BCUT2D eigenvalue weighted by molar-refractivity contribution is -0.151. The number of piperazine rings is 1. The maximum absolute atomic E-state index is 12.3. The van der Waals surface area contributed by atoms with Gasteiger partial charge in [0.15, 0.2) is 0 Å². The topological polar surface area (TPSA) is 36.4 Å². The predicted molar refractivity (Wildman–Crippen MR) is 72.0 cm³/mol. The molecule has 0 spiro atoms. The van der Waals surface area contributed by atoms with Crippen LogP contribution in [0.3, 0.4) is 0 Å². The van der Waals surface area contributed by atoms with E-state index in [4.69, 9.17) is 11.6 Å². The van der Waals surface area contributed by atoms with E-state index in [9.17, 15) is 18.0 Å². The van der Waals surface area contributed by atoms with Gasteiger partial charge in [-0.3, -0.25) is 9.69 Å². The van der Waals surface area contributed by atoms with Gasteiger partial charge >= 0.3 is 6.18 Å². The van der Waals surface area contributed by atoms with Crippen molar-refractivity contribution in [1.82, 2.24) is 14.8 Å². The van der Waals surface area contributed by atoms with Crippen LogP contribution in [0.2, 0.25) is 5.15 Å². The molecule has 1 aromatic heterocycles. The van der Waals surface area contributed by atoms with Crippen LogP contribution in [0.25, 0.3) is 0 Å². The van der Waals surface area contributed by atoms with E-state index in [-0.39, 0.29) is 25.4 Å². The minimum Gasteiger partial charge on any atom is -0.340 e. The highest BCUT2D eigenvalue weighted by Gasteiger charge is 2.32. The van der Waals surface area contributed by atoms with E-state index in [0.29, 0.717) is 18.2 Å². The van der Waals surface area contributed by atoms with Gasteiger partial charge in [0.05, 0.1) is 13.0 Å². The van der Waals surface area contributed by atoms with Crippen LogP contribution in [0.15, 0.2) is 18.3 Å². The fraction of sp³-hybridized carbons (Fsp3) is 0.538. The van der Waals surface area contributed by atoms with Crippen LogP contribution in [0.5, 0.6) is 0 Å². The summed E-state index contributed by atoms with van der Waals surface area (Å²) in [6.45, 7) is 0.191. The normalized spacial score (nSPS) is 17.0. The molecule has 1 aliphatic rings. The van der Waals surface area contributed by atoms with E-state index in [1.807, 2.05) is 0 Å². The van der Waals surface area contributed by atoms with Crippen LogP contribution in [-0.4, -0.2) is 59.6 Å². The van der Waals surface area contributed by atoms with E-state index in [0.717, 1.165) is 5.56 Å². The number of nitrogens with zero attached hydrogens (tertiary/aromatic N) is 3. The molecule has 4 nitrogen and oxygen atoms in total. The molecule has 0 unspecified atom stereocenters. The van der Waals surface area contributed by atoms with Gasteiger partial charge in [-0.1, -0.05) is 17.7 Å². The number of amides is 1. The maximum Gasteiger partial charge on any atom is 0.401 e. The second kappa shape index (κ2) is 6.62. The molecule has 0 aromatic carbocycles. The number of alkyl halides is 3. The zero-order valence-electron chi connectivity index (χ0n) is 11.2. The second-order valence-corrected chi connectivity index (χ2v) is 5.33. The molecule has 1 amide bonds. The summed E-state index contributed by atoms with van der Waals surface area (Å²) in [5.41, 5.74) is 0.738. The summed E-state index contributed by atoms with van der Waals surface area (Å²) in [5, 5.41) is 0.354. The molecule has 2 rings (SSSR count). The lowest BCUT2D eigenvalue weighted by Gasteiger charge is -2.35. The number of rotatable bonds is 3. The first kappa shape index (κ1) is 16.0. The summed E-state index contributed by atoms with van der Waals surface area (Å²) in [4.78, 5) is 18.9. The summed E-state index contributed by atoms with van der Waals surface area (Å²) in [5.74, 6) is -0.106. The Morgan fingerprint density at radius 3 is 2.43 bits per heavy atom. The fourth-order valence-corrected chi connectivity index (χ4v) is 2.32. The largest absolute Gasteiger partial charge is 0.401 e. The number of hydrogen-bond donors (Lipinski definition) is 0. The number of pyridine rings is 1. The Hall–Kier alpha value is -1.34. The smallest absolute Gasteiger partial charge is 0.340 e. The summed E-state index contributed by atoms with van der Waals surface area (Å²) in [6, 6.07) is 3.32. The van der Waals surface area contributed by atoms with Gasteiger partial charge in [0.1, 0.15) is 5.15 Å². The summed E-state index contributed by atoms with van der Waals surface area (Å²) < 4.78 is 36.8. The molecular weight excluding hydrogens is 307 g/mol. The fourth-order valence-electron chi connectivity index (χ4n) is 2.21. The summed E-state index contributed by atoms with van der Waals surface area (Å²) in [6.07, 6.45) is -2.48. The number of aromatic nitrogens is 1. The highest BCUT2D eigenvalue weighted by Crippen LogP contribution is 2.17. The van der Waals surface area contributed by atoms with Crippen LogP contribution >= 0.6 is 11.6 Å². The SMILES string of the molecule is O=C(Cc1ccc(Cl)nc1)N1CCN(CC(F)(F)F)CC1. The molecule has 0 N–H and O–H groups in total. The molecule has 0 saturated carbocycles. The van der Waals surface area contributed by atoms with Gasteiger partial charge in [0.25, 0.3) is 0 Å². The molecule has 1 aliphatic heterocycles. The Labute approximate surface area is 125 Å². The zero-order chi connectivity index (χ0) is 15.5. The number of halogens is 4. The Balaban J connectivity index is 1.81.